The molecule has 0 saturated carbocycles. The number of nitrogens with one attached hydrogen (secondary N) is 1. The lowest BCUT2D eigenvalue weighted by atomic mass is 9.70. The van der Waals surface area contributed by atoms with Gasteiger partial charge in [0.2, 0.25) is 11.8 Å². The average molecular weight is 709 g/mol. The van der Waals surface area contributed by atoms with Crippen LogP contribution in [0.15, 0.2) is 43.5 Å². The van der Waals surface area contributed by atoms with Gasteiger partial charge in [-0.15, -0.1) is 13.2 Å². The number of hydrogen-bond donors (Lipinski definition) is 2. The first-order valence-corrected chi connectivity index (χ1v) is 16.8. The minimum absolute atomic E-state index is 0.0264. The van der Waals surface area contributed by atoms with Crippen molar-refractivity contribution in [1.82, 2.24) is 10.2 Å². The van der Waals surface area contributed by atoms with Gasteiger partial charge in [0.1, 0.15) is 17.7 Å². The number of ether oxygens (including phenoxy) is 2. The standard InChI is InChI=1S/C33H43BrClN3O7/c1-5-7-14-24(40)36-19-21(4)44-32(43)25-26-30(41)38(16-9-8-10-17-39)29(33(26)18-22(34)28(25)45-33)31(42)37(15-6-2)27-20(3)12-11-13-23(27)35/h5-6,11-13,21-22,25-26,28-29,39H,1-2,7-10,14-19H2,3-4H3,(H,36,40)/t21-,22?,25-,26+,28-,29-,33+/m0/s1. The number of carbonyl (C=O) groups excluding carboxylic acids is 4. The number of aliphatic hydroxyl groups is 1. The summed E-state index contributed by atoms with van der Waals surface area (Å²) in [6.45, 7) is 11.6. The second-order valence-corrected chi connectivity index (χ2v) is 13.6. The summed E-state index contributed by atoms with van der Waals surface area (Å²) in [7, 11) is 0. The summed E-state index contributed by atoms with van der Waals surface area (Å²) in [6, 6.07) is 4.35. The molecular weight excluding hydrogens is 666 g/mol. The fourth-order valence-electron chi connectivity index (χ4n) is 6.92. The zero-order valence-corrected chi connectivity index (χ0v) is 28.2. The lowest BCUT2D eigenvalue weighted by molar-refractivity contribution is -0.159. The Hall–Kier alpha value is -2.73. The Bertz CT molecular complexity index is 1290. The lowest BCUT2D eigenvalue weighted by Gasteiger charge is -2.37. The Morgan fingerprint density at radius 1 is 1.29 bits per heavy atom. The molecule has 3 saturated heterocycles. The molecule has 12 heteroatoms. The normalized spacial score (nSPS) is 27.2. The van der Waals surface area contributed by atoms with Crippen molar-refractivity contribution >= 4 is 56.9 Å². The van der Waals surface area contributed by atoms with Crippen LogP contribution in [-0.2, 0) is 28.7 Å². The van der Waals surface area contributed by atoms with Crippen LogP contribution >= 0.6 is 27.5 Å². The molecular formula is C33H43BrClN3O7. The molecule has 3 amide bonds. The van der Waals surface area contributed by atoms with Crippen LogP contribution in [0.1, 0.15) is 51.0 Å². The van der Waals surface area contributed by atoms with E-state index in [9.17, 15) is 24.3 Å². The van der Waals surface area contributed by atoms with Crippen molar-refractivity contribution in [3.63, 3.8) is 0 Å². The van der Waals surface area contributed by atoms with Crippen LogP contribution < -0.4 is 10.2 Å². The highest BCUT2D eigenvalue weighted by molar-refractivity contribution is 9.09. The Balaban J connectivity index is 1.66. The number of halogens is 2. The van der Waals surface area contributed by atoms with E-state index in [1.807, 2.05) is 13.0 Å². The number of esters is 1. The molecule has 3 aliphatic heterocycles. The van der Waals surface area contributed by atoms with Crippen molar-refractivity contribution in [1.29, 1.82) is 0 Å². The Morgan fingerprint density at radius 2 is 2.04 bits per heavy atom. The van der Waals surface area contributed by atoms with E-state index in [0.717, 1.165) is 5.56 Å². The molecule has 4 rings (SSSR count). The number of aliphatic hydroxyl groups excluding tert-OH is 1. The van der Waals surface area contributed by atoms with Gasteiger partial charge >= 0.3 is 5.97 Å². The van der Waals surface area contributed by atoms with Crippen molar-refractivity contribution in [3.8, 4) is 0 Å². The smallest absolute Gasteiger partial charge is 0.312 e. The monoisotopic (exact) mass is 707 g/mol. The number of unbranched alkanes of at least 4 members (excludes halogenated alkanes) is 2. The number of para-hydroxylation sites is 1. The number of alkyl halides is 1. The van der Waals surface area contributed by atoms with Gasteiger partial charge in [0.15, 0.2) is 0 Å². The van der Waals surface area contributed by atoms with E-state index in [1.54, 1.807) is 41.0 Å². The van der Waals surface area contributed by atoms with Gasteiger partial charge < -0.3 is 29.7 Å². The number of likely N-dealkylation sites (tertiary alicyclic amines) is 1. The van der Waals surface area contributed by atoms with Crippen molar-refractivity contribution in [2.45, 2.75) is 81.1 Å². The molecule has 0 aromatic heterocycles. The van der Waals surface area contributed by atoms with Gasteiger partial charge in [0, 0.05) is 30.9 Å². The predicted molar refractivity (Wildman–Crippen MR) is 175 cm³/mol. The maximum atomic E-state index is 14.7. The van der Waals surface area contributed by atoms with E-state index >= 15 is 0 Å². The van der Waals surface area contributed by atoms with Crippen LogP contribution in [0.2, 0.25) is 5.02 Å². The highest BCUT2D eigenvalue weighted by atomic mass is 79.9. The summed E-state index contributed by atoms with van der Waals surface area (Å²) in [6.07, 6.45) is 4.89. The molecule has 1 unspecified atom stereocenters. The van der Waals surface area contributed by atoms with Gasteiger partial charge in [-0.05, 0) is 57.6 Å². The molecule has 0 aliphatic carbocycles. The minimum Gasteiger partial charge on any atom is -0.460 e. The Morgan fingerprint density at radius 3 is 2.71 bits per heavy atom. The zero-order chi connectivity index (χ0) is 32.9. The van der Waals surface area contributed by atoms with Crippen LogP contribution in [0.4, 0.5) is 5.69 Å². The molecule has 2 bridgehead atoms. The number of fused-ring (bicyclic) bond motifs is 1. The molecule has 10 nitrogen and oxygen atoms in total. The van der Waals surface area contributed by atoms with Crippen LogP contribution in [-0.4, -0.2) is 88.6 Å². The molecule has 1 aromatic rings. The first kappa shape index (κ1) is 35.1. The molecule has 1 aromatic carbocycles. The highest BCUT2D eigenvalue weighted by Crippen LogP contribution is 2.60. The average Bonchev–Trinajstić information content (AvgIpc) is 3.59. The highest BCUT2D eigenvalue weighted by Gasteiger charge is 2.77. The first-order chi connectivity index (χ1) is 21.5. The molecule has 45 heavy (non-hydrogen) atoms. The molecule has 246 valence electrons. The number of anilines is 1. The molecule has 1 spiro atoms. The van der Waals surface area contributed by atoms with E-state index in [-0.39, 0.29) is 55.2 Å². The van der Waals surface area contributed by atoms with Gasteiger partial charge in [0.05, 0.1) is 35.2 Å². The quantitative estimate of drug-likeness (QED) is 0.115. The summed E-state index contributed by atoms with van der Waals surface area (Å²) in [5.41, 5.74) is 0.0387. The fraction of sp³-hybridized carbons (Fsp3) is 0.576. The van der Waals surface area contributed by atoms with Gasteiger partial charge in [-0.25, -0.2) is 0 Å². The van der Waals surface area contributed by atoms with Crippen molar-refractivity contribution < 1.29 is 33.8 Å². The van der Waals surface area contributed by atoms with Crippen LogP contribution in [0.3, 0.4) is 0 Å². The fourth-order valence-corrected chi connectivity index (χ4v) is 8.19. The first-order valence-electron chi connectivity index (χ1n) is 15.5. The topological polar surface area (TPSA) is 125 Å². The maximum absolute atomic E-state index is 14.7. The third-order valence-corrected chi connectivity index (χ3v) is 10.0. The summed E-state index contributed by atoms with van der Waals surface area (Å²) in [5.74, 6) is -3.35. The number of hydrogen-bond acceptors (Lipinski definition) is 7. The summed E-state index contributed by atoms with van der Waals surface area (Å²) < 4.78 is 12.4. The second-order valence-electron chi connectivity index (χ2n) is 12.0. The van der Waals surface area contributed by atoms with E-state index in [4.69, 9.17) is 21.1 Å². The van der Waals surface area contributed by atoms with E-state index < -0.39 is 41.7 Å². The van der Waals surface area contributed by atoms with Gasteiger partial charge in [-0.1, -0.05) is 51.8 Å². The molecule has 0 radical (unpaired) electrons. The predicted octanol–water partition coefficient (Wildman–Crippen LogP) is 4.09. The number of rotatable bonds is 16. The molecule has 3 fully saturated rings. The number of aryl methyl sites for hydroxylation is 1. The van der Waals surface area contributed by atoms with Crippen molar-refractivity contribution in [2.24, 2.45) is 11.8 Å². The van der Waals surface area contributed by atoms with E-state index in [0.29, 0.717) is 42.8 Å². The van der Waals surface area contributed by atoms with Crippen LogP contribution in [0, 0.1) is 18.8 Å². The minimum atomic E-state index is -1.27. The van der Waals surface area contributed by atoms with Crippen LogP contribution in [0.25, 0.3) is 0 Å². The second kappa shape index (κ2) is 15.2. The number of benzene rings is 1. The number of carbonyl (C=O) groups is 4. The number of nitrogens with zero attached hydrogens (tertiary/aromatic N) is 2. The van der Waals surface area contributed by atoms with Crippen molar-refractivity contribution in [2.75, 3.05) is 31.1 Å². The van der Waals surface area contributed by atoms with Gasteiger partial charge in [0.25, 0.3) is 5.91 Å². The Labute approximate surface area is 278 Å². The van der Waals surface area contributed by atoms with E-state index in [1.165, 1.54) is 0 Å². The zero-order valence-electron chi connectivity index (χ0n) is 25.9. The lowest BCUT2D eigenvalue weighted by Crippen LogP contribution is -2.57. The summed E-state index contributed by atoms with van der Waals surface area (Å²) in [4.78, 5) is 57.6. The third kappa shape index (κ3) is 7.01. The summed E-state index contributed by atoms with van der Waals surface area (Å²) in [5, 5.41) is 12.5. The van der Waals surface area contributed by atoms with E-state index in [2.05, 4.69) is 34.4 Å². The van der Waals surface area contributed by atoms with Crippen LogP contribution in [0.5, 0.6) is 0 Å². The number of allylic oxidation sites excluding steroid dienone is 1. The summed E-state index contributed by atoms with van der Waals surface area (Å²) >= 11 is 10.3. The molecule has 7 atom stereocenters. The third-order valence-electron chi connectivity index (χ3n) is 8.87. The molecule has 2 N–H and O–H groups in total. The number of amides is 3. The van der Waals surface area contributed by atoms with Crippen molar-refractivity contribution in [3.05, 3.63) is 54.1 Å². The van der Waals surface area contributed by atoms with Gasteiger partial charge in [-0.3, -0.25) is 19.2 Å². The SMILES string of the molecule is C=CCCC(=O)NC[C@H](C)OC(=O)[C@@H]1[C@H]2O[C@@]3(CC2Br)[C@H](C(=O)N(CC=C)c2c(C)cccc2Cl)N(CCCCCO)C(=O)[C@@H]13. The largest absolute Gasteiger partial charge is 0.460 e. The van der Waals surface area contributed by atoms with Gasteiger partial charge in [-0.2, -0.15) is 0 Å². The maximum Gasteiger partial charge on any atom is 0.312 e. The molecule has 3 heterocycles. The molecule has 3 aliphatic rings. The Kier molecular flexibility index (Phi) is 11.9.